The molecule has 0 atom stereocenters. The van der Waals surface area contributed by atoms with Crippen LogP contribution in [0, 0.1) is 0 Å². The lowest BCUT2D eigenvalue weighted by Gasteiger charge is -2.28. The molecule has 0 spiro atoms. The van der Waals surface area contributed by atoms with E-state index in [4.69, 9.17) is 11.6 Å². The van der Waals surface area contributed by atoms with Crippen molar-refractivity contribution < 1.29 is 18.0 Å². The fourth-order valence-corrected chi connectivity index (χ4v) is 4.38. The Bertz CT molecular complexity index is 847. The minimum absolute atomic E-state index is 0.0269. The van der Waals surface area contributed by atoms with Gasteiger partial charge in [0.25, 0.3) is 0 Å². The molecule has 5 nitrogen and oxygen atoms in total. The molecule has 1 saturated heterocycles. The third kappa shape index (κ3) is 5.45. The second kappa shape index (κ2) is 9.23. The van der Waals surface area contributed by atoms with Gasteiger partial charge in [-0.05, 0) is 18.2 Å². The molecule has 1 aliphatic heterocycles. The molecule has 2 aromatic rings. The Balaban J connectivity index is 1.66. The second-order valence-electron chi connectivity index (χ2n) is 5.81. The molecule has 1 aliphatic rings. The van der Waals surface area contributed by atoms with E-state index in [1.54, 1.807) is 12.4 Å². The van der Waals surface area contributed by atoms with Crippen molar-refractivity contribution in [3.63, 3.8) is 0 Å². The van der Waals surface area contributed by atoms with Gasteiger partial charge in [-0.2, -0.15) is 24.9 Å². The molecule has 1 aromatic carbocycles. The summed E-state index contributed by atoms with van der Waals surface area (Å²) in [6, 6.07) is 2.81. The topological polar surface area (TPSA) is 58.1 Å². The van der Waals surface area contributed by atoms with Gasteiger partial charge < -0.3 is 10.2 Å². The third-order valence-corrected chi connectivity index (χ3v) is 6.10. The first-order chi connectivity index (χ1) is 13.3. The molecular weight excluding hydrogens is 433 g/mol. The van der Waals surface area contributed by atoms with E-state index in [0.717, 1.165) is 48.6 Å². The second-order valence-corrected chi connectivity index (χ2v) is 8.41. The van der Waals surface area contributed by atoms with Gasteiger partial charge in [0.05, 0.1) is 22.0 Å². The van der Waals surface area contributed by atoms with Crippen molar-refractivity contribution in [2.75, 3.05) is 40.6 Å². The SMILES string of the molecule is O=C(CSc1nccnc1N1CCSCC1)Nc1cc(C(F)(F)F)ccc1Cl. The van der Waals surface area contributed by atoms with Crippen LogP contribution in [0.1, 0.15) is 5.56 Å². The Kier molecular flexibility index (Phi) is 6.95. The molecule has 0 unspecified atom stereocenters. The number of nitrogens with one attached hydrogen (secondary N) is 1. The maximum Gasteiger partial charge on any atom is 0.416 e. The van der Waals surface area contributed by atoms with Crippen molar-refractivity contribution in [1.82, 2.24) is 9.97 Å². The number of hydrogen-bond acceptors (Lipinski definition) is 6. The number of hydrogen-bond donors (Lipinski definition) is 1. The summed E-state index contributed by atoms with van der Waals surface area (Å²) in [6.45, 7) is 1.70. The Morgan fingerprint density at radius 2 is 1.96 bits per heavy atom. The van der Waals surface area contributed by atoms with Crippen LogP contribution >= 0.6 is 35.1 Å². The first-order valence-electron chi connectivity index (χ1n) is 8.27. The minimum Gasteiger partial charge on any atom is -0.353 e. The van der Waals surface area contributed by atoms with Crippen LogP contribution in [-0.4, -0.2) is 46.2 Å². The van der Waals surface area contributed by atoms with Crippen LogP contribution in [0.5, 0.6) is 0 Å². The number of carbonyl (C=O) groups is 1. The molecule has 1 fully saturated rings. The fourth-order valence-electron chi connectivity index (χ4n) is 2.53. The smallest absolute Gasteiger partial charge is 0.353 e. The maximum atomic E-state index is 12.8. The number of halogens is 4. The van der Waals surface area contributed by atoms with Crippen LogP contribution in [0.4, 0.5) is 24.7 Å². The summed E-state index contributed by atoms with van der Waals surface area (Å²) in [5.41, 5.74) is -0.950. The highest BCUT2D eigenvalue weighted by molar-refractivity contribution is 8.00. The van der Waals surface area contributed by atoms with E-state index in [1.807, 2.05) is 11.8 Å². The molecular formula is C17H16ClF3N4OS2. The summed E-state index contributed by atoms with van der Waals surface area (Å²) < 4.78 is 38.5. The number of amides is 1. The fraction of sp³-hybridized carbons (Fsp3) is 0.353. The van der Waals surface area contributed by atoms with Crippen molar-refractivity contribution in [3.05, 3.63) is 41.2 Å². The number of alkyl halides is 3. The molecule has 2 heterocycles. The largest absolute Gasteiger partial charge is 0.416 e. The average Bonchev–Trinajstić information content (AvgIpc) is 2.68. The summed E-state index contributed by atoms with van der Waals surface area (Å²) in [6.07, 6.45) is -1.37. The van der Waals surface area contributed by atoms with Gasteiger partial charge in [0.15, 0.2) is 5.82 Å². The first-order valence-corrected chi connectivity index (χ1v) is 10.8. The molecule has 0 aliphatic carbocycles. The Hall–Kier alpha value is -1.65. The number of rotatable bonds is 5. The van der Waals surface area contributed by atoms with E-state index < -0.39 is 17.6 Å². The lowest BCUT2D eigenvalue weighted by atomic mass is 10.2. The van der Waals surface area contributed by atoms with Crippen molar-refractivity contribution in [2.24, 2.45) is 0 Å². The van der Waals surface area contributed by atoms with E-state index in [0.29, 0.717) is 5.03 Å². The normalized spacial score (nSPS) is 14.8. The van der Waals surface area contributed by atoms with Gasteiger partial charge in [-0.15, -0.1) is 0 Å². The third-order valence-electron chi connectivity index (χ3n) is 3.86. The van der Waals surface area contributed by atoms with Crippen molar-refractivity contribution >= 4 is 52.5 Å². The summed E-state index contributed by atoms with van der Waals surface area (Å²) >= 11 is 8.97. The van der Waals surface area contributed by atoms with Crippen LogP contribution in [0.2, 0.25) is 5.02 Å². The Morgan fingerprint density at radius 1 is 1.25 bits per heavy atom. The monoisotopic (exact) mass is 448 g/mol. The van der Waals surface area contributed by atoms with Crippen LogP contribution < -0.4 is 10.2 Å². The van der Waals surface area contributed by atoms with E-state index in [-0.39, 0.29) is 16.5 Å². The van der Waals surface area contributed by atoms with Gasteiger partial charge in [-0.1, -0.05) is 23.4 Å². The number of carbonyl (C=O) groups excluding carboxylic acids is 1. The van der Waals surface area contributed by atoms with Gasteiger partial charge in [-0.25, -0.2) is 9.97 Å². The predicted octanol–water partition coefficient (Wildman–Crippen LogP) is 4.43. The van der Waals surface area contributed by atoms with E-state index >= 15 is 0 Å². The van der Waals surface area contributed by atoms with Gasteiger partial charge in [0, 0.05) is 37.0 Å². The van der Waals surface area contributed by atoms with Gasteiger partial charge >= 0.3 is 6.18 Å². The van der Waals surface area contributed by atoms with Gasteiger partial charge in [-0.3, -0.25) is 4.79 Å². The van der Waals surface area contributed by atoms with Crippen LogP contribution in [0.3, 0.4) is 0 Å². The number of thioether (sulfide) groups is 2. The molecule has 150 valence electrons. The molecule has 0 saturated carbocycles. The van der Waals surface area contributed by atoms with Crippen LogP contribution in [-0.2, 0) is 11.0 Å². The maximum absolute atomic E-state index is 12.8. The summed E-state index contributed by atoms with van der Waals surface area (Å²) in [5.74, 6) is 2.21. The highest BCUT2D eigenvalue weighted by Crippen LogP contribution is 2.34. The lowest BCUT2D eigenvalue weighted by molar-refractivity contribution is -0.137. The van der Waals surface area contributed by atoms with Crippen molar-refractivity contribution in [3.8, 4) is 0 Å². The predicted molar refractivity (Wildman–Crippen MR) is 107 cm³/mol. The molecule has 0 radical (unpaired) electrons. The molecule has 3 rings (SSSR count). The Labute approximate surface area is 173 Å². The van der Waals surface area contributed by atoms with E-state index in [1.165, 1.54) is 11.8 Å². The van der Waals surface area contributed by atoms with E-state index in [2.05, 4.69) is 20.2 Å². The molecule has 0 bridgehead atoms. The molecule has 1 N–H and O–H groups in total. The van der Waals surface area contributed by atoms with Gasteiger partial charge in [0.2, 0.25) is 5.91 Å². The number of aromatic nitrogens is 2. The molecule has 1 aromatic heterocycles. The highest BCUT2D eigenvalue weighted by Gasteiger charge is 2.31. The zero-order valence-electron chi connectivity index (χ0n) is 14.5. The highest BCUT2D eigenvalue weighted by atomic mass is 35.5. The lowest BCUT2D eigenvalue weighted by Crippen LogP contribution is -2.33. The standard InChI is InChI=1S/C17H16ClF3N4OS2/c18-12-2-1-11(17(19,20)21)9-13(12)24-14(26)10-28-16-15(22-3-4-23-16)25-5-7-27-8-6-25/h1-4,9H,5-8,10H2,(H,24,26). The zero-order valence-corrected chi connectivity index (χ0v) is 16.9. The molecule has 28 heavy (non-hydrogen) atoms. The number of nitrogens with zero attached hydrogens (tertiary/aromatic N) is 3. The zero-order chi connectivity index (χ0) is 20.1. The Morgan fingerprint density at radius 3 is 2.68 bits per heavy atom. The molecule has 11 heteroatoms. The summed E-state index contributed by atoms with van der Waals surface area (Å²) in [4.78, 5) is 23.0. The van der Waals surface area contributed by atoms with Crippen LogP contribution in [0.25, 0.3) is 0 Å². The average molecular weight is 449 g/mol. The van der Waals surface area contributed by atoms with Crippen molar-refractivity contribution in [2.45, 2.75) is 11.2 Å². The first kappa shape index (κ1) is 21.1. The summed E-state index contributed by atoms with van der Waals surface area (Å²) in [5, 5.41) is 3.09. The minimum atomic E-state index is -4.51. The van der Waals surface area contributed by atoms with Gasteiger partial charge in [0.1, 0.15) is 5.03 Å². The van der Waals surface area contributed by atoms with Crippen molar-refractivity contribution in [1.29, 1.82) is 0 Å². The van der Waals surface area contributed by atoms with E-state index in [9.17, 15) is 18.0 Å². The summed E-state index contributed by atoms with van der Waals surface area (Å²) in [7, 11) is 0. The van der Waals surface area contributed by atoms with Crippen LogP contribution in [0.15, 0.2) is 35.6 Å². The quantitative estimate of drug-likeness (QED) is 0.683. The number of anilines is 2. The number of benzene rings is 1. The molecule has 1 amide bonds.